The summed E-state index contributed by atoms with van der Waals surface area (Å²) in [7, 11) is 0. The van der Waals surface area contributed by atoms with Gasteiger partial charge in [-0.1, -0.05) is 18.2 Å². The number of cyclic esters (lactones) is 1. The van der Waals surface area contributed by atoms with Gasteiger partial charge in [-0.15, -0.1) is 0 Å². The molecule has 1 saturated carbocycles. The zero-order valence-corrected chi connectivity index (χ0v) is 20.6. The molecule has 9 heteroatoms. The molecule has 2 aliphatic carbocycles. The monoisotopic (exact) mass is 494 g/mol. The number of ether oxygens (including phenoxy) is 2. The van der Waals surface area contributed by atoms with Crippen LogP contribution in [-0.4, -0.2) is 45.1 Å². The van der Waals surface area contributed by atoms with E-state index < -0.39 is 34.5 Å². The summed E-state index contributed by atoms with van der Waals surface area (Å²) in [4.78, 5) is 54.2. The lowest BCUT2D eigenvalue weighted by atomic mass is 9.62. The molecular formula is C27H30N2O7. The molecule has 1 saturated heterocycles. The lowest BCUT2D eigenvalue weighted by Gasteiger charge is -2.54. The average Bonchev–Trinajstić information content (AvgIpc) is 2.96. The van der Waals surface area contributed by atoms with Crippen LogP contribution in [0.3, 0.4) is 0 Å². The van der Waals surface area contributed by atoms with Gasteiger partial charge >= 0.3 is 17.9 Å². The third-order valence-corrected chi connectivity index (χ3v) is 7.76. The van der Waals surface area contributed by atoms with E-state index in [1.807, 2.05) is 0 Å². The number of carbonyl (C=O) groups is 4. The first-order valence-electron chi connectivity index (χ1n) is 12.0. The Morgan fingerprint density at radius 1 is 1.22 bits per heavy atom. The van der Waals surface area contributed by atoms with E-state index in [1.165, 1.54) is 19.9 Å². The van der Waals surface area contributed by atoms with E-state index in [0.717, 1.165) is 0 Å². The molecular weight excluding hydrogens is 464 g/mol. The number of amides is 1. The Balaban J connectivity index is 1.69. The lowest BCUT2D eigenvalue weighted by molar-refractivity contribution is -0.235. The van der Waals surface area contributed by atoms with Gasteiger partial charge in [0, 0.05) is 42.1 Å². The predicted molar refractivity (Wildman–Crippen MR) is 129 cm³/mol. The topological polar surface area (TPSA) is 132 Å². The molecule has 2 heterocycles. The van der Waals surface area contributed by atoms with Crippen LogP contribution >= 0.6 is 0 Å². The first-order chi connectivity index (χ1) is 17.0. The van der Waals surface area contributed by atoms with Gasteiger partial charge in [0.25, 0.3) is 5.91 Å². The van der Waals surface area contributed by atoms with Crippen molar-refractivity contribution in [3.8, 4) is 0 Å². The zero-order chi connectivity index (χ0) is 26.1. The highest BCUT2D eigenvalue weighted by Gasteiger charge is 2.74. The standard InChI is InChI=1S/C27H30N2O7/c1-17(23(32)33)5-4-11-25(3)21-8-13-26(24(34)36-25)12-6-19(7-14-27(21,26)35-18(2)30)22(31)29-20-9-15-28-16-10-20/h4-6,9-11,15-16,21H,7-8,12-14H2,1-3H3,(H,32,33)(H,28,29,31)/b11-4+,17-5+/t21-,25+,26+,27-/m0/s1. The van der Waals surface area contributed by atoms with E-state index in [1.54, 1.807) is 49.7 Å². The molecule has 1 aliphatic heterocycles. The van der Waals surface area contributed by atoms with Crippen molar-refractivity contribution >= 4 is 29.5 Å². The molecule has 1 aromatic heterocycles. The van der Waals surface area contributed by atoms with Gasteiger partial charge in [0.15, 0.2) is 0 Å². The smallest absolute Gasteiger partial charge is 0.331 e. The number of nitrogens with one attached hydrogen (secondary N) is 1. The van der Waals surface area contributed by atoms with E-state index in [-0.39, 0.29) is 30.2 Å². The number of hydrogen-bond acceptors (Lipinski definition) is 7. The SMILES string of the molecule is CC(=O)O[C@]12CCC(C(=O)Nc3ccncc3)=CC[C@]13CC[C@H]2[C@@](C)(/C=C/C=C(\C)C(=O)O)OC3=O. The van der Waals surface area contributed by atoms with Gasteiger partial charge in [-0.25, -0.2) is 4.79 Å². The van der Waals surface area contributed by atoms with Crippen LogP contribution in [0.4, 0.5) is 5.69 Å². The maximum Gasteiger partial charge on any atom is 0.331 e. The fourth-order valence-electron chi connectivity index (χ4n) is 5.99. The molecule has 4 atom stereocenters. The molecule has 2 N–H and O–H groups in total. The Morgan fingerprint density at radius 3 is 2.61 bits per heavy atom. The van der Waals surface area contributed by atoms with Crippen LogP contribution in [0.2, 0.25) is 0 Å². The van der Waals surface area contributed by atoms with Crippen molar-refractivity contribution in [1.82, 2.24) is 4.98 Å². The number of esters is 2. The minimum atomic E-state index is -1.16. The highest BCUT2D eigenvalue weighted by molar-refractivity contribution is 6.03. The van der Waals surface area contributed by atoms with Gasteiger partial charge in [-0.05, 0) is 64.2 Å². The van der Waals surface area contributed by atoms with Crippen molar-refractivity contribution in [2.75, 3.05) is 5.32 Å². The second-order valence-corrected chi connectivity index (χ2v) is 9.87. The average molecular weight is 495 g/mol. The molecule has 1 amide bonds. The van der Waals surface area contributed by atoms with Crippen LogP contribution in [0.15, 0.2) is 60.0 Å². The van der Waals surface area contributed by atoms with Crippen LogP contribution in [0.25, 0.3) is 0 Å². The van der Waals surface area contributed by atoms with Gasteiger partial charge < -0.3 is 19.9 Å². The molecule has 0 spiro atoms. The summed E-state index contributed by atoms with van der Waals surface area (Å²) >= 11 is 0. The summed E-state index contributed by atoms with van der Waals surface area (Å²) in [5, 5.41) is 12.0. The van der Waals surface area contributed by atoms with Gasteiger partial charge in [0.05, 0.1) is 0 Å². The number of carbonyl (C=O) groups excluding carboxylic acids is 3. The summed E-state index contributed by atoms with van der Waals surface area (Å²) in [6.07, 6.45) is 11.4. The van der Waals surface area contributed by atoms with Gasteiger partial charge in [0.1, 0.15) is 16.6 Å². The number of hydrogen-bond donors (Lipinski definition) is 2. The largest absolute Gasteiger partial charge is 0.478 e. The number of anilines is 1. The molecule has 190 valence electrons. The van der Waals surface area contributed by atoms with Crippen molar-refractivity contribution < 1.29 is 33.8 Å². The molecule has 0 unspecified atom stereocenters. The molecule has 0 radical (unpaired) electrons. The number of nitrogens with zero attached hydrogens (tertiary/aromatic N) is 1. The summed E-state index contributed by atoms with van der Waals surface area (Å²) in [6, 6.07) is 3.37. The fourth-order valence-corrected chi connectivity index (χ4v) is 5.99. The Bertz CT molecular complexity index is 1190. The van der Waals surface area contributed by atoms with Crippen molar-refractivity contribution in [1.29, 1.82) is 0 Å². The van der Waals surface area contributed by atoms with E-state index in [4.69, 9.17) is 14.6 Å². The number of rotatable bonds is 6. The Hall–Kier alpha value is -3.75. The summed E-state index contributed by atoms with van der Waals surface area (Å²) < 4.78 is 12.0. The Labute approximate surface area is 209 Å². The number of pyridine rings is 1. The Kier molecular flexibility index (Phi) is 6.60. The number of aliphatic carboxylic acids is 1. The minimum absolute atomic E-state index is 0.135. The van der Waals surface area contributed by atoms with Crippen LogP contribution in [0, 0.1) is 11.3 Å². The molecule has 3 aliphatic rings. The number of carboxylic acid groups (broad SMARTS) is 1. The van der Waals surface area contributed by atoms with E-state index in [2.05, 4.69) is 10.3 Å². The third-order valence-electron chi connectivity index (χ3n) is 7.76. The van der Waals surface area contributed by atoms with Gasteiger partial charge in [-0.3, -0.25) is 19.4 Å². The minimum Gasteiger partial charge on any atom is -0.478 e. The van der Waals surface area contributed by atoms with Crippen molar-refractivity contribution in [3.63, 3.8) is 0 Å². The molecule has 0 aromatic carbocycles. The highest BCUT2D eigenvalue weighted by atomic mass is 16.6. The number of allylic oxidation sites excluding steroid dienone is 3. The van der Waals surface area contributed by atoms with Gasteiger partial charge in [-0.2, -0.15) is 0 Å². The van der Waals surface area contributed by atoms with Crippen LogP contribution in [0.1, 0.15) is 52.9 Å². The highest BCUT2D eigenvalue weighted by Crippen LogP contribution is 2.65. The van der Waals surface area contributed by atoms with Gasteiger partial charge in [0.2, 0.25) is 0 Å². The molecule has 4 rings (SSSR count). The van der Waals surface area contributed by atoms with E-state index >= 15 is 0 Å². The maximum atomic E-state index is 13.6. The van der Waals surface area contributed by atoms with Crippen molar-refractivity contribution in [2.24, 2.45) is 11.3 Å². The third kappa shape index (κ3) is 4.23. The molecule has 9 nitrogen and oxygen atoms in total. The second kappa shape index (κ2) is 9.37. The van der Waals surface area contributed by atoms with Crippen molar-refractivity contribution in [2.45, 2.75) is 64.1 Å². The van der Waals surface area contributed by atoms with Crippen LogP contribution < -0.4 is 5.32 Å². The second-order valence-electron chi connectivity index (χ2n) is 9.87. The molecule has 2 bridgehead atoms. The van der Waals surface area contributed by atoms with E-state index in [0.29, 0.717) is 30.5 Å². The zero-order valence-electron chi connectivity index (χ0n) is 20.6. The fraction of sp³-hybridized carbons (Fsp3) is 0.444. The molecule has 2 fully saturated rings. The van der Waals surface area contributed by atoms with Crippen molar-refractivity contribution in [3.05, 3.63) is 60.0 Å². The van der Waals surface area contributed by atoms with Crippen LogP contribution in [0.5, 0.6) is 0 Å². The van der Waals surface area contributed by atoms with E-state index in [9.17, 15) is 19.2 Å². The van der Waals surface area contributed by atoms with Crippen LogP contribution in [-0.2, 0) is 28.7 Å². The summed E-state index contributed by atoms with van der Waals surface area (Å²) in [5.41, 5.74) is -2.12. The maximum absolute atomic E-state index is 13.6. The summed E-state index contributed by atoms with van der Waals surface area (Å²) in [6.45, 7) is 4.55. The molecule has 1 aromatic rings. The molecule has 36 heavy (non-hydrogen) atoms. The first-order valence-corrected chi connectivity index (χ1v) is 12.0. The number of carboxylic acids is 1. The number of aromatic nitrogens is 1. The first kappa shape index (κ1) is 25.3. The lowest BCUT2D eigenvalue weighted by Crippen LogP contribution is -2.65. The summed E-state index contributed by atoms with van der Waals surface area (Å²) in [5.74, 6) is -2.67. The quantitative estimate of drug-likeness (QED) is 0.347. The Morgan fingerprint density at radius 2 is 1.94 bits per heavy atom. The predicted octanol–water partition coefficient (Wildman–Crippen LogP) is 3.73. The normalized spacial score (nSPS) is 31.6.